The van der Waals surface area contributed by atoms with Crippen LogP contribution >= 0.6 is 11.6 Å². The van der Waals surface area contributed by atoms with E-state index in [9.17, 15) is 0 Å². The SMILES string of the molecule is Cc1c(Cl)cnn1Cc1occc1CNC(C)(C)C. The highest BCUT2D eigenvalue weighted by Gasteiger charge is 2.14. The molecule has 5 heteroatoms. The Labute approximate surface area is 118 Å². The lowest BCUT2D eigenvalue weighted by Gasteiger charge is -2.20. The normalized spacial score (nSPS) is 12.1. The van der Waals surface area contributed by atoms with Crippen LogP contribution in [0.1, 0.15) is 37.8 Å². The Morgan fingerprint density at radius 1 is 1.42 bits per heavy atom. The zero-order valence-electron chi connectivity index (χ0n) is 11.8. The molecule has 1 N–H and O–H groups in total. The lowest BCUT2D eigenvalue weighted by Crippen LogP contribution is -2.35. The standard InChI is InChI=1S/C14H20ClN3O/c1-10-12(15)8-17-18(10)9-13-11(5-6-19-13)7-16-14(2,3)4/h5-6,8,16H,7,9H2,1-4H3. The summed E-state index contributed by atoms with van der Waals surface area (Å²) in [5, 5.41) is 8.38. The molecule has 0 atom stereocenters. The average molecular weight is 282 g/mol. The second-order valence-corrected chi connectivity index (χ2v) is 6.12. The first kappa shape index (κ1) is 14.2. The summed E-state index contributed by atoms with van der Waals surface area (Å²) in [6.07, 6.45) is 3.38. The molecule has 2 aromatic rings. The number of rotatable bonds is 4. The maximum absolute atomic E-state index is 6.00. The Hall–Kier alpha value is -1.26. The molecule has 4 nitrogen and oxygen atoms in total. The molecule has 2 rings (SSSR count). The topological polar surface area (TPSA) is 43.0 Å². The van der Waals surface area contributed by atoms with Gasteiger partial charge in [0.1, 0.15) is 5.76 Å². The molecule has 2 heterocycles. The van der Waals surface area contributed by atoms with E-state index in [1.54, 1.807) is 12.5 Å². The van der Waals surface area contributed by atoms with Crippen LogP contribution in [-0.4, -0.2) is 15.3 Å². The van der Waals surface area contributed by atoms with E-state index in [4.69, 9.17) is 16.0 Å². The van der Waals surface area contributed by atoms with Crippen LogP contribution in [0.5, 0.6) is 0 Å². The average Bonchev–Trinajstić information content (AvgIpc) is 2.88. The molecule has 2 aromatic heterocycles. The number of nitrogens with one attached hydrogen (secondary N) is 1. The fraction of sp³-hybridized carbons (Fsp3) is 0.500. The molecule has 0 amide bonds. The van der Waals surface area contributed by atoms with Gasteiger partial charge in [0.05, 0.1) is 29.7 Å². The highest BCUT2D eigenvalue weighted by atomic mass is 35.5. The fourth-order valence-corrected chi connectivity index (χ4v) is 1.88. The highest BCUT2D eigenvalue weighted by molar-refractivity contribution is 6.31. The molecule has 0 spiro atoms. The number of hydrogen-bond acceptors (Lipinski definition) is 3. The molecule has 0 radical (unpaired) electrons. The summed E-state index contributed by atoms with van der Waals surface area (Å²) in [5.74, 6) is 0.916. The van der Waals surface area contributed by atoms with Gasteiger partial charge in [0.25, 0.3) is 0 Å². The first-order chi connectivity index (χ1) is 8.87. The summed E-state index contributed by atoms with van der Waals surface area (Å²) in [6.45, 7) is 9.76. The Balaban J connectivity index is 2.10. The molecule has 0 aliphatic heterocycles. The molecule has 19 heavy (non-hydrogen) atoms. The third-order valence-corrected chi connectivity index (χ3v) is 3.35. The van der Waals surface area contributed by atoms with E-state index in [1.165, 1.54) is 0 Å². The highest BCUT2D eigenvalue weighted by Crippen LogP contribution is 2.18. The van der Waals surface area contributed by atoms with Crippen molar-refractivity contribution < 1.29 is 4.42 Å². The zero-order valence-corrected chi connectivity index (χ0v) is 12.6. The van der Waals surface area contributed by atoms with Crippen molar-refractivity contribution in [2.45, 2.75) is 46.3 Å². The molecule has 104 valence electrons. The molecule has 0 saturated heterocycles. The summed E-state index contributed by atoms with van der Waals surface area (Å²) < 4.78 is 7.40. The Morgan fingerprint density at radius 3 is 2.74 bits per heavy atom. The van der Waals surface area contributed by atoms with Gasteiger partial charge in [-0.1, -0.05) is 11.6 Å². The lowest BCUT2D eigenvalue weighted by molar-refractivity contribution is 0.415. The van der Waals surface area contributed by atoms with Crippen LogP contribution in [0.2, 0.25) is 5.02 Å². The quantitative estimate of drug-likeness (QED) is 0.934. The Kier molecular flexibility index (Phi) is 4.02. The maximum atomic E-state index is 6.00. The third-order valence-electron chi connectivity index (χ3n) is 2.98. The number of halogens is 1. The molecule has 0 unspecified atom stereocenters. The Bertz CT molecular complexity index is 551. The largest absolute Gasteiger partial charge is 0.467 e. The molecule has 0 saturated carbocycles. The van der Waals surface area contributed by atoms with Gasteiger partial charge in [-0.15, -0.1) is 0 Å². The fourth-order valence-electron chi connectivity index (χ4n) is 1.74. The van der Waals surface area contributed by atoms with Crippen LogP contribution in [0.3, 0.4) is 0 Å². The van der Waals surface area contributed by atoms with Crippen molar-refractivity contribution in [2.75, 3.05) is 0 Å². The van der Waals surface area contributed by atoms with E-state index in [0.29, 0.717) is 11.6 Å². The summed E-state index contributed by atoms with van der Waals surface area (Å²) >= 11 is 6.00. The number of aromatic nitrogens is 2. The van der Waals surface area contributed by atoms with Crippen molar-refractivity contribution in [1.82, 2.24) is 15.1 Å². The minimum atomic E-state index is 0.0828. The second-order valence-electron chi connectivity index (χ2n) is 5.71. The van der Waals surface area contributed by atoms with Crippen molar-refractivity contribution in [3.05, 3.63) is 40.6 Å². The van der Waals surface area contributed by atoms with Crippen molar-refractivity contribution in [1.29, 1.82) is 0 Å². The van der Waals surface area contributed by atoms with Gasteiger partial charge in [-0.05, 0) is 33.8 Å². The first-order valence-corrected chi connectivity index (χ1v) is 6.73. The third kappa shape index (κ3) is 3.61. The number of furan rings is 1. The van der Waals surface area contributed by atoms with E-state index in [2.05, 4.69) is 31.2 Å². The zero-order chi connectivity index (χ0) is 14.0. The summed E-state index contributed by atoms with van der Waals surface area (Å²) in [7, 11) is 0. The van der Waals surface area contributed by atoms with Gasteiger partial charge < -0.3 is 9.73 Å². The van der Waals surface area contributed by atoms with Gasteiger partial charge >= 0.3 is 0 Å². The molecular formula is C14H20ClN3O. The summed E-state index contributed by atoms with van der Waals surface area (Å²) in [4.78, 5) is 0. The van der Waals surface area contributed by atoms with Crippen molar-refractivity contribution in [3.8, 4) is 0 Å². The molecule has 0 bridgehead atoms. The van der Waals surface area contributed by atoms with Crippen LogP contribution in [0.4, 0.5) is 0 Å². The lowest BCUT2D eigenvalue weighted by atomic mass is 10.1. The van der Waals surface area contributed by atoms with E-state index in [-0.39, 0.29) is 5.54 Å². The van der Waals surface area contributed by atoms with Crippen LogP contribution in [-0.2, 0) is 13.1 Å². The van der Waals surface area contributed by atoms with Gasteiger partial charge in [-0.3, -0.25) is 4.68 Å². The van der Waals surface area contributed by atoms with Gasteiger partial charge in [0, 0.05) is 17.6 Å². The first-order valence-electron chi connectivity index (χ1n) is 6.35. The molecule has 0 fully saturated rings. The minimum Gasteiger partial charge on any atom is -0.467 e. The second kappa shape index (κ2) is 5.39. The van der Waals surface area contributed by atoms with Crippen molar-refractivity contribution in [2.24, 2.45) is 0 Å². The number of nitrogens with zero attached hydrogens (tertiary/aromatic N) is 2. The van der Waals surface area contributed by atoms with Crippen LogP contribution in [0, 0.1) is 6.92 Å². The van der Waals surface area contributed by atoms with Gasteiger partial charge in [0.2, 0.25) is 0 Å². The summed E-state index contributed by atoms with van der Waals surface area (Å²) in [6, 6.07) is 1.99. The van der Waals surface area contributed by atoms with Crippen LogP contribution < -0.4 is 5.32 Å². The van der Waals surface area contributed by atoms with Crippen LogP contribution in [0.25, 0.3) is 0 Å². The minimum absolute atomic E-state index is 0.0828. The molecule has 0 aromatic carbocycles. The Morgan fingerprint density at radius 2 is 2.16 bits per heavy atom. The van der Waals surface area contributed by atoms with E-state index < -0.39 is 0 Å². The molecular weight excluding hydrogens is 262 g/mol. The van der Waals surface area contributed by atoms with Crippen molar-refractivity contribution in [3.63, 3.8) is 0 Å². The van der Waals surface area contributed by atoms with E-state index in [0.717, 1.165) is 23.6 Å². The van der Waals surface area contributed by atoms with Gasteiger partial charge in [-0.25, -0.2) is 0 Å². The molecule has 0 aliphatic rings. The maximum Gasteiger partial charge on any atom is 0.129 e. The predicted molar refractivity (Wildman–Crippen MR) is 76.4 cm³/mol. The molecule has 0 aliphatic carbocycles. The van der Waals surface area contributed by atoms with Gasteiger partial charge in [0.15, 0.2) is 0 Å². The van der Waals surface area contributed by atoms with E-state index >= 15 is 0 Å². The van der Waals surface area contributed by atoms with Crippen LogP contribution in [0.15, 0.2) is 22.9 Å². The van der Waals surface area contributed by atoms with E-state index in [1.807, 2.05) is 17.7 Å². The summed E-state index contributed by atoms with van der Waals surface area (Å²) in [5.41, 5.74) is 2.19. The number of hydrogen-bond donors (Lipinski definition) is 1. The smallest absolute Gasteiger partial charge is 0.129 e. The predicted octanol–water partition coefficient (Wildman–Crippen LogP) is 3.37. The van der Waals surface area contributed by atoms with Gasteiger partial charge in [-0.2, -0.15) is 5.10 Å². The van der Waals surface area contributed by atoms with Crippen molar-refractivity contribution >= 4 is 11.6 Å². The monoisotopic (exact) mass is 281 g/mol.